The molecule has 25 heavy (non-hydrogen) atoms. The van der Waals surface area contributed by atoms with Gasteiger partial charge in [0.1, 0.15) is 5.82 Å². The van der Waals surface area contributed by atoms with E-state index in [2.05, 4.69) is 9.97 Å². The number of morpholine rings is 1. The fraction of sp³-hybridized carbons (Fsp3) is 0.412. The monoisotopic (exact) mass is 345 g/mol. The molecule has 0 unspecified atom stereocenters. The number of amides is 1. The van der Waals surface area contributed by atoms with Gasteiger partial charge in [-0.1, -0.05) is 12.1 Å². The number of hydrogen-bond acceptors (Lipinski definition) is 6. The number of H-pyrrole nitrogens is 1. The average molecular weight is 345 g/mol. The molecule has 1 aliphatic heterocycles. The number of aromatic amines is 1. The maximum absolute atomic E-state index is 12.0. The number of aromatic nitrogens is 2. The van der Waals surface area contributed by atoms with Crippen molar-refractivity contribution in [1.29, 1.82) is 0 Å². The Kier molecular flexibility index (Phi) is 5.39. The standard InChI is InChI=1S/C17H19N3O5/c21-15(20-7-9-24-10-8-20)11-25-16(22)6-5-14-18-13-4-2-1-3-12(13)17(23)19-14/h1-4H,5-11H2,(H,18,19,23). The Hall–Kier alpha value is -2.74. The van der Waals surface area contributed by atoms with E-state index >= 15 is 0 Å². The van der Waals surface area contributed by atoms with Crippen molar-refractivity contribution in [2.75, 3.05) is 32.9 Å². The molecule has 0 spiro atoms. The molecule has 132 valence electrons. The number of para-hydroxylation sites is 1. The Bertz CT molecular complexity index is 826. The molecule has 1 fully saturated rings. The van der Waals surface area contributed by atoms with Crippen molar-refractivity contribution in [3.8, 4) is 0 Å². The summed E-state index contributed by atoms with van der Waals surface area (Å²) in [6, 6.07) is 7.00. The van der Waals surface area contributed by atoms with Gasteiger partial charge < -0.3 is 19.4 Å². The van der Waals surface area contributed by atoms with Crippen LogP contribution in [0.3, 0.4) is 0 Å². The van der Waals surface area contributed by atoms with Crippen LogP contribution in [0.25, 0.3) is 10.9 Å². The molecule has 1 aromatic carbocycles. The van der Waals surface area contributed by atoms with E-state index in [0.717, 1.165) is 0 Å². The minimum atomic E-state index is -0.502. The summed E-state index contributed by atoms with van der Waals surface area (Å²) in [5, 5.41) is 0.505. The van der Waals surface area contributed by atoms with Gasteiger partial charge in [0.15, 0.2) is 6.61 Å². The van der Waals surface area contributed by atoms with Crippen molar-refractivity contribution in [2.45, 2.75) is 12.8 Å². The van der Waals surface area contributed by atoms with Crippen LogP contribution in [0.5, 0.6) is 0 Å². The van der Waals surface area contributed by atoms with E-state index < -0.39 is 5.97 Å². The van der Waals surface area contributed by atoms with E-state index in [9.17, 15) is 14.4 Å². The molecule has 2 aromatic rings. The van der Waals surface area contributed by atoms with Crippen LogP contribution in [0.4, 0.5) is 0 Å². The zero-order chi connectivity index (χ0) is 17.6. The number of esters is 1. The molecule has 2 heterocycles. The van der Waals surface area contributed by atoms with Crippen LogP contribution >= 0.6 is 0 Å². The number of rotatable bonds is 5. The maximum atomic E-state index is 12.0. The summed E-state index contributed by atoms with van der Waals surface area (Å²) < 4.78 is 10.2. The van der Waals surface area contributed by atoms with Crippen LogP contribution in [0, 0.1) is 0 Å². The number of carbonyl (C=O) groups is 2. The van der Waals surface area contributed by atoms with Gasteiger partial charge in [0.25, 0.3) is 11.5 Å². The Labute approximate surface area is 143 Å². The number of nitrogens with one attached hydrogen (secondary N) is 1. The lowest BCUT2D eigenvalue weighted by Crippen LogP contribution is -2.42. The molecule has 8 heteroatoms. The van der Waals surface area contributed by atoms with Crippen molar-refractivity contribution >= 4 is 22.8 Å². The van der Waals surface area contributed by atoms with Crippen LogP contribution < -0.4 is 5.56 Å². The first kappa shape index (κ1) is 17.1. The number of benzene rings is 1. The number of aryl methyl sites for hydroxylation is 1. The third kappa shape index (κ3) is 4.42. The second kappa shape index (κ2) is 7.89. The molecular weight excluding hydrogens is 326 g/mol. The van der Waals surface area contributed by atoms with Crippen LogP contribution in [0.2, 0.25) is 0 Å². The molecule has 8 nitrogen and oxygen atoms in total. The molecule has 1 saturated heterocycles. The van der Waals surface area contributed by atoms with E-state index in [-0.39, 0.29) is 30.9 Å². The molecule has 1 aliphatic rings. The highest BCUT2D eigenvalue weighted by Crippen LogP contribution is 2.07. The predicted octanol–water partition coefficient (Wildman–Crippen LogP) is 0.258. The third-order valence-electron chi connectivity index (χ3n) is 3.95. The second-order valence-electron chi connectivity index (χ2n) is 5.68. The van der Waals surface area contributed by atoms with Gasteiger partial charge in [0.05, 0.1) is 30.5 Å². The lowest BCUT2D eigenvalue weighted by Gasteiger charge is -2.26. The van der Waals surface area contributed by atoms with Gasteiger partial charge in [0.2, 0.25) is 0 Å². The first-order valence-electron chi connectivity index (χ1n) is 8.12. The smallest absolute Gasteiger partial charge is 0.306 e. The van der Waals surface area contributed by atoms with Gasteiger partial charge in [-0.2, -0.15) is 0 Å². The van der Waals surface area contributed by atoms with Gasteiger partial charge in [-0.15, -0.1) is 0 Å². The van der Waals surface area contributed by atoms with Gasteiger partial charge >= 0.3 is 5.97 Å². The zero-order valence-corrected chi connectivity index (χ0v) is 13.7. The summed E-state index contributed by atoms with van der Waals surface area (Å²) in [4.78, 5) is 44.3. The second-order valence-corrected chi connectivity index (χ2v) is 5.68. The Morgan fingerprint density at radius 2 is 2.00 bits per heavy atom. The van der Waals surface area contributed by atoms with E-state index in [1.54, 1.807) is 29.2 Å². The van der Waals surface area contributed by atoms with Crippen molar-refractivity contribution in [3.63, 3.8) is 0 Å². The van der Waals surface area contributed by atoms with Gasteiger partial charge in [-0.3, -0.25) is 14.4 Å². The van der Waals surface area contributed by atoms with Gasteiger partial charge in [0, 0.05) is 19.5 Å². The summed E-state index contributed by atoms with van der Waals surface area (Å²) in [6.45, 7) is 1.75. The lowest BCUT2D eigenvalue weighted by molar-refractivity contribution is -0.153. The van der Waals surface area contributed by atoms with Crippen LogP contribution in [0.1, 0.15) is 12.2 Å². The lowest BCUT2D eigenvalue weighted by atomic mass is 10.2. The maximum Gasteiger partial charge on any atom is 0.306 e. The fourth-order valence-electron chi connectivity index (χ4n) is 2.59. The Balaban J connectivity index is 1.50. The van der Waals surface area contributed by atoms with Crippen molar-refractivity contribution in [3.05, 3.63) is 40.4 Å². The van der Waals surface area contributed by atoms with Crippen LogP contribution in [-0.4, -0.2) is 59.7 Å². The number of hydrogen-bond donors (Lipinski definition) is 1. The van der Waals surface area contributed by atoms with E-state index in [1.807, 2.05) is 0 Å². The third-order valence-corrected chi connectivity index (χ3v) is 3.95. The van der Waals surface area contributed by atoms with Crippen molar-refractivity contribution < 1.29 is 19.1 Å². The number of fused-ring (bicyclic) bond motifs is 1. The summed E-state index contributed by atoms with van der Waals surface area (Å²) in [5.74, 6) is -0.313. The van der Waals surface area contributed by atoms with E-state index in [4.69, 9.17) is 9.47 Å². The number of nitrogens with zero attached hydrogens (tertiary/aromatic N) is 2. The zero-order valence-electron chi connectivity index (χ0n) is 13.7. The van der Waals surface area contributed by atoms with Crippen LogP contribution in [-0.2, 0) is 25.5 Å². The highest BCUT2D eigenvalue weighted by atomic mass is 16.5. The van der Waals surface area contributed by atoms with E-state index in [1.165, 1.54) is 0 Å². The SMILES string of the molecule is O=C(CCc1nc2ccccc2c(=O)[nH]1)OCC(=O)N1CCOCC1. The molecule has 0 aliphatic carbocycles. The first-order valence-corrected chi connectivity index (χ1v) is 8.12. The summed E-state index contributed by atoms with van der Waals surface area (Å²) in [7, 11) is 0. The van der Waals surface area contributed by atoms with Gasteiger partial charge in [-0.05, 0) is 12.1 Å². The largest absolute Gasteiger partial charge is 0.456 e. The minimum absolute atomic E-state index is 0.0394. The topological polar surface area (TPSA) is 102 Å². The fourth-order valence-corrected chi connectivity index (χ4v) is 2.59. The Morgan fingerprint density at radius 3 is 2.80 bits per heavy atom. The van der Waals surface area contributed by atoms with Crippen LogP contribution in [0.15, 0.2) is 29.1 Å². The van der Waals surface area contributed by atoms with Crippen molar-refractivity contribution in [1.82, 2.24) is 14.9 Å². The van der Waals surface area contributed by atoms with Crippen molar-refractivity contribution in [2.24, 2.45) is 0 Å². The normalized spacial score (nSPS) is 14.5. The molecule has 1 N–H and O–H groups in total. The van der Waals surface area contributed by atoms with E-state index in [0.29, 0.717) is 43.0 Å². The minimum Gasteiger partial charge on any atom is -0.456 e. The summed E-state index contributed by atoms with van der Waals surface area (Å²) >= 11 is 0. The molecular formula is C17H19N3O5. The highest BCUT2D eigenvalue weighted by molar-refractivity contribution is 5.81. The quantitative estimate of drug-likeness (QED) is 0.780. The number of ether oxygens (including phenoxy) is 2. The van der Waals surface area contributed by atoms with Gasteiger partial charge in [-0.25, -0.2) is 4.98 Å². The molecule has 1 amide bonds. The first-order chi connectivity index (χ1) is 12.1. The molecule has 0 radical (unpaired) electrons. The Morgan fingerprint density at radius 1 is 1.24 bits per heavy atom. The molecule has 1 aromatic heterocycles. The summed E-state index contributed by atoms with van der Waals surface area (Å²) in [5.41, 5.74) is 0.341. The number of carbonyl (C=O) groups excluding carboxylic acids is 2. The summed E-state index contributed by atoms with van der Waals surface area (Å²) in [6.07, 6.45) is 0.280. The molecule has 0 saturated carbocycles. The molecule has 3 rings (SSSR count). The molecule has 0 bridgehead atoms. The average Bonchev–Trinajstić information content (AvgIpc) is 2.65. The predicted molar refractivity (Wildman–Crippen MR) is 89.0 cm³/mol. The molecule has 0 atom stereocenters. The highest BCUT2D eigenvalue weighted by Gasteiger charge is 2.18.